The Balaban J connectivity index is 0.000000307. The highest BCUT2D eigenvalue weighted by Crippen LogP contribution is 2.41. The highest BCUT2D eigenvalue weighted by Gasteiger charge is 2.57. The number of halogens is 10. The normalized spacial score (nSPS) is 17.8. The molecule has 5 aliphatic heterocycles. The van der Waals surface area contributed by atoms with Gasteiger partial charge in [0.15, 0.2) is 0 Å². The Morgan fingerprint density at radius 1 is 0.604 bits per heavy atom. The lowest BCUT2D eigenvalue weighted by Gasteiger charge is -2.35. The molecule has 4 amide bonds. The van der Waals surface area contributed by atoms with Gasteiger partial charge in [-0.2, -0.15) is 52.5 Å². The van der Waals surface area contributed by atoms with Crippen molar-refractivity contribution in [1.82, 2.24) is 23.7 Å². The van der Waals surface area contributed by atoms with Crippen molar-refractivity contribution >= 4 is 67.6 Å². The number of aliphatic hydroxyl groups is 3. The van der Waals surface area contributed by atoms with Crippen LogP contribution in [0.4, 0.5) is 43.9 Å². The minimum absolute atomic E-state index is 0. The highest BCUT2D eigenvalue weighted by molar-refractivity contribution is 7.92. The molecule has 0 atom stereocenters. The molecule has 588 valence electrons. The van der Waals surface area contributed by atoms with Gasteiger partial charge in [-0.3, -0.25) is 24.2 Å². The van der Waals surface area contributed by atoms with Crippen LogP contribution in [0.1, 0.15) is 161 Å². The van der Waals surface area contributed by atoms with E-state index in [1.165, 1.54) is 45.0 Å². The summed E-state index contributed by atoms with van der Waals surface area (Å²) in [5, 5.41) is 40.7. The van der Waals surface area contributed by atoms with Crippen molar-refractivity contribution in [3.8, 4) is 11.5 Å². The fourth-order valence-corrected chi connectivity index (χ4v) is 14.2. The van der Waals surface area contributed by atoms with Crippen molar-refractivity contribution < 1.29 is 115 Å². The second-order valence-corrected chi connectivity index (χ2v) is 29.7. The predicted molar refractivity (Wildman–Crippen MR) is 376 cm³/mol. The zero-order valence-corrected chi connectivity index (χ0v) is 60.1. The summed E-state index contributed by atoms with van der Waals surface area (Å²) in [5.74, 6) is -11.5. The van der Waals surface area contributed by atoms with E-state index in [2.05, 4.69) is 10.3 Å². The average molecular weight is 1550 g/mol. The summed E-state index contributed by atoms with van der Waals surface area (Å²) >= 11 is 0. The van der Waals surface area contributed by atoms with Crippen LogP contribution in [-0.4, -0.2) is 211 Å². The molecular formula is C71H92F10N8O15S2. The maximum atomic E-state index is 13.3. The number of aliphatic hydroxyl groups excluding tert-OH is 3. The number of piperidine rings is 4. The van der Waals surface area contributed by atoms with E-state index >= 15 is 0 Å². The number of hydrogen-bond donors (Lipinski definition) is 7. The fourth-order valence-electron chi connectivity index (χ4n) is 11.9. The molecule has 5 aliphatic rings. The van der Waals surface area contributed by atoms with E-state index in [0.29, 0.717) is 74.1 Å². The van der Waals surface area contributed by atoms with Crippen molar-refractivity contribution in [1.29, 1.82) is 0 Å². The molecule has 1 spiro atoms. The third kappa shape index (κ3) is 23.7. The van der Waals surface area contributed by atoms with Gasteiger partial charge >= 0.3 is 30.2 Å². The Hall–Kier alpha value is -8.06. The maximum absolute atomic E-state index is 13.3. The summed E-state index contributed by atoms with van der Waals surface area (Å²) < 4.78 is 189. The van der Waals surface area contributed by atoms with Gasteiger partial charge in [0.25, 0.3) is 17.7 Å². The predicted octanol–water partition coefficient (Wildman–Crippen LogP) is 9.82. The summed E-state index contributed by atoms with van der Waals surface area (Å²) in [6.07, 6.45) is -9.97. The Labute approximate surface area is 609 Å². The second-order valence-electron chi connectivity index (χ2n) is 26.0. The van der Waals surface area contributed by atoms with E-state index in [0.717, 1.165) is 44.7 Å². The fraction of sp³-hybridized carbons (Fsp3) is 0.521. The lowest BCUT2D eigenvalue weighted by Crippen LogP contribution is -2.58. The zero-order chi connectivity index (χ0) is 78.3. The molecule has 5 heterocycles. The smallest absolute Gasteiger partial charge is 0.453 e. The molecule has 0 aromatic heterocycles. The first-order chi connectivity index (χ1) is 48.9. The monoisotopic (exact) mass is 1550 g/mol. The molecule has 35 heteroatoms. The topological polar surface area (TPSA) is 342 Å². The number of carbonyl (C=O) groups excluding carboxylic acids is 4. The maximum Gasteiger partial charge on any atom is 0.453 e. The Kier molecular flexibility index (Phi) is 31.1. The van der Waals surface area contributed by atoms with Gasteiger partial charge in [0.05, 0.1) is 36.5 Å². The number of carboxylic acids is 1. The van der Waals surface area contributed by atoms with Gasteiger partial charge in [0, 0.05) is 99.3 Å². The molecule has 9 N–H and O–H groups in total. The first-order valence-electron chi connectivity index (χ1n) is 33.6. The van der Waals surface area contributed by atoms with Crippen LogP contribution in [0.5, 0.6) is 11.5 Å². The van der Waals surface area contributed by atoms with E-state index in [-0.39, 0.29) is 120 Å². The van der Waals surface area contributed by atoms with Gasteiger partial charge in [0.2, 0.25) is 26.0 Å². The van der Waals surface area contributed by atoms with Gasteiger partial charge in [-0.25, -0.2) is 21.6 Å². The van der Waals surface area contributed by atoms with Gasteiger partial charge in [-0.1, -0.05) is 25.6 Å². The molecule has 0 bridgehead atoms. The van der Waals surface area contributed by atoms with E-state index in [4.69, 9.17) is 31.2 Å². The van der Waals surface area contributed by atoms with Crippen molar-refractivity contribution in [3.63, 3.8) is 0 Å². The van der Waals surface area contributed by atoms with Crippen LogP contribution in [0.15, 0.2) is 88.6 Å². The summed E-state index contributed by atoms with van der Waals surface area (Å²) in [7, 11) is -7.57. The molecule has 4 saturated heterocycles. The molecule has 4 aromatic carbocycles. The molecule has 4 aromatic rings. The van der Waals surface area contributed by atoms with E-state index in [1.54, 1.807) is 73.0 Å². The summed E-state index contributed by atoms with van der Waals surface area (Å²) in [4.78, 5) is 69.1. The van der Waals surface area contributed by atoms with E-state index in [9.17, 15) is 94.9 Å². The number of hydrogen-bond acceptors (Lipinski definition) is 16. The van der Waals surface area contributed by atoms with Gasteiger partial charge < -0.3 is 56.5 Å². The minimum atomic E-state index is -5.63. The third-order valence-electron chi connectivity index (χ3n) is 18.2. The molecule has 0 aliphatic carbocycles. The number of carbonyl (C=O) groups is 5. The molecule has 4 fully saturated rings. The lowest BCUT2D eigenvalue weighted by molar-refractivity contribution is -0.284. The number of nitrogens with two attached hydrogens (primary N) is 2. The molecule has 23 nitrogen and oxygen atoms in total. The SMILES string of the molecule is C.CCO.Cc1cc(C(=O)N2CCC(O)CC2)cc(C)c1/C=C/S(=O)(=O)N1CCC(N)(C(N)=O)CC1.Cc1cc(C(=O)N2CCC(O)CC2)cc(C)c1/C=C/S(=O)(=O)N1CCC2(CC1)N=C(c1cccc(OCCCC(F)(F)C(F)(F)F)c1)NC2=O.O=C(O)c1cccc(OCCCC(F)(F)C(F)(F)F)c1. The van der Waals surface area contributed by atoms with Crippen LogP contribution in [0.3, 0.4) is 0 Å². The Morgan fingerprint density at radius 3 is 1.34 bits per heavy atom. The van der Waals surface area contributed by atoms with Gasteiger partial charge in [0.1, 0.15) is 22.9 Å². The number of ether oxygens (including phenoxy) is 2. The van der Waals surface area contributed by atoms with Crippen molar-refractivity contribution in [2.45, 2.75) is 167 Å². The van der Waals surface area contributed by atoms with Crippen molar-refractivity contribution in [2.24, 2.45) is 16.5 Å². The zero-order valence-electron chi connectivity index (χ0n) is 58.4. The minimum Gasteiger partial charge on any atom is -0.494 e. The second kappa shape index (κ2) is 37.2. The van der Waals surface area contributed by atoms with Gasteiger partial charge in [-0.05, 0) is 199 Å². The third-order valence-corrected chi connectivity index (χ3v) is 21.3. The summed E-state index contributed by atoms with van der Waals surface area (Å²) in [6, 6.07) is 18.4. The number of benzene rings is 4. The Morgan fingerprint density at radius 2 is 0.972 bits per heavy atom. The van der Waals surface area contributed by atoms with Crippen LogP contribution in [-0.2, 0) is 29.6 Å². The average Bonchev–Trinajstić information content (AvgIpc) is 1.59. The standard InChI is InChI=1S/C34H39F5N4O6S.C22H32N4O5S.C12H11F5O3.C2H6O.CH4/c1-22-19-25(30(45)42-13-7-26(44)8-14-42)20-23(2)28(22)9-18-50(47,48)43-15-11-32(12-16-43)31(46)40-29(41-32)24-5-3-6-27(21-24)49-17-4-10-33(35,36)34(37,38)39;1-15-13-17(20(28)25-8-3-18(27)4-9-25)14-16(2)19(15)5-12-32(30,31)26-10-6-22(24,7-11-26)21(23)29;13-11(14,12(15,16)17)5-2-6-20-9-4-1-3-8(7-9)10(18)19;1-2-3;/h3,5-6,9,18-21,26,44H,4,7-8,10-17H2,1-2H3,(H,40,41,46);5,12-14,18,27H,3-4,6-11,24H2,1-2H3,(H2,23,29);1,3-4,7H,2,5-6H2,(H,18,19);3H,2H2,1H3;1H4/b18-9+;12-5+;;;. The number of aliphatic imine (C=N–C) groups is 1. The molecule has 106 heavy (non-hydrogen) atoms. The number of nitrogens with one attached hydrogen (secondary N) is 1. The largest absolute Gasteiger partial charge is 0.494 e. The number of alkyl halides is 10. The van der Waals surface area contributed by atoms with E-state index < -0.39 is 105 Å². The highest BCUT2D eigenvalue weighted by atomic mass is 32.2. The molecule has 0 unspecified atom stereocenters. The first kappa shape index (κ1) is 88.6. The number of primary amides is 1. The van der Waals surface area contributed by atoms with Crippen LogP contribution < -0.4 is 26.3 Å². The number of likely N-dealkylation sites (tertiary alicyclic amines) is 2. The van der Waals surface area contributed by atoms with E-state index in [1.807, 2.05) is 13.8 Å². The lowest BCUT2D eigenvalue weighted by atomic mass is 9.89. The van der Waals surface area contributed by atoms with Crippen LogP contribution in [0.2, 0.25) is 0 Å². The van der Waals surface area contributed by atoms with Crippen molar-refractivity contribution in [3.05, 3.63) is 139 Å². The quantitative estimate of drug-likeness (QED) is 0.0301. The first-order valence-corrected chi connectivity index (χ1v) is 36.6. The number of rotatable bonds is 21. The number of sulfonamides is 2. The molecule has 0 radical (unpaired) electrons. The number of aromatic carboxylic acids is 1. The van der Waals surface area contributed by atoms with Crippen LogP contribution in [0.25, 0.3) is 12.2 Å². The molecular weight excluding hydrogens is 1460 g/mol. The molecule has 9 rings (SSSR count). The summed E-state index contributed by atoms with van der Waals surface area (Å²) in [5.41, 5.74) is 14.8. The van der Waals surface area contributed by atoms with Gasteiger partial charge in [-0.15, -0.1) is 0 Å². The molecule has 0 saturated carbocycles. The Bertz CT molecular complexity index is 4010. The number of carboxylic acid groups (broad SMARTS) is 1. The number of amidine groups is 1. The number of amides is 4. The van der Waals surface area contributed by atoms with Crippen molar-refractivity contribution in [2.75, 3.05) is 72.2 Å². The summed E-state index contributed by atoms with van der Waals surface area (Å²) in [6.45, 7) is 10.8. The number of aryl methyl sites for hydroxylation is 4. The van der Waals surface area contributed by atoms with Crippen LogP contribution >= 0.6 is 0 Å². The number of nitrogens with zero attached hydrogens (tertiary/aromatic N) is 5. The van der Waals surface area contributed by atoms with Crippen LogP contribution in [0, 0.1) is 27.7 Å².